The molecule has 146 valence electrons. The summed E-state index contributed by atoms with van der Waals surface area (Å²) < 4.78 is 73.0. The van der Waals surface area contributed by atoms with Gasteiger partial charge in [0.1, 0.15) is 6.61 Å². The molecule has 0 bridgehead atoms. The molecule has 3 rings (SSSR count). The van der Waals surface area contributed by atoms with Gasteiger partial charge in [0, 0.05) is 0 Å². The molecule has 0 fully saturated rings. The Morgan fingerprint density at radius 3 is 1.82 bits per heavy atom. The number of ether oxygens (including phenoxy) is 1. The highest BCUT2D eigenvalue weighted by Crippen LogP contribution is 2.30. The molecule has 1 unspecified atom stereocenters. The maximum absolute atomic E-state index is 14.3. The van der Waals surface area contributed by atoms with Gasteiger partial charge < -0.3 is 9.84 Å². The molecule has 28 heavy (non-hydrogen) atoms. The molecule has 0 amide bonds. The fraction of sp³-hybridized carbons (Fsp3) is 0.143. The molecule has 0 saturated carbocycles. The number of rotatable bonds is 5. The lowest BCUT2D eigenvalue weighted by molar-refractivity contribution is 0.199. The Morgan fingerprint density at radius 2 is 1.32 bits per heavy atom. The molecule has 0 radical (unpaired) electrons. The average Bonchev–Trinajstić information content (AvgIpc) is 2.65. The van der Waals surface area contributed by atoms with Crippen LogP contribution in [-0.4, -0.2) is 5.11 Å². The van der Waals surface area contributed by atoms with Crippen molar-refractivity contribution >= 4 is 0 Å². The zero-order valence-electron chi connectivity index (χ0n) is 14.6. The summed E-state index contributed by atoms with van der Waals surface area (Å²) in [6, 6.07) is 9.99. The predicted octanol–water partition coefficient (Wildman–Crippen LogP) is 5.68. The van der Waals surface area contributed by atoms with Crippen LogP contribution in [0.25, 0.3) is 11.1 Å². The first-order chi connectivity index (χ1) is 13.3. The molecule has 3 aromatic carbocycles. The molecule has 3 aromatic rings. The van der Waals surface area contributed by atoms with E-state index in [1.165, 1.54) is 0 Å². The van der Waals surface area contributed by atoms with E-state index in [0.29, 0.717) is 23.3 Å². The summed E-state index contributed by atoms with van der Waals surface area (Å²) in [6.45, 7) is 1.05. The van der Waals surface area contributed by atoms with Gasteiger partial charge in [0.15, 0.2) is 34.8 Å². The summed E-state index contributed by atoms with van der Waals surface area (Å²) in [5.74, 6) is -7.19. The summed E-state index contributed by atoms with van der Waals surface area (Å²) >= 11 is 0. The summed E-state index contributed by atoms with van der Waals surface area (Å²) in [6.07, 6.45) is -0.667. The monoisotopic (exact) mass is 394 g/mol. The second-order valence-corrected chi connectivity index (χ2v) is 6.23. The van der Waals surface area contributed by atoms with Gasteiger partial charge in [-0.15, -0.1) is 0 Å². The number of hydrogen-bond donors (Lipinski definition) is 1. The van der Waals surface area contributed by atoms with Crippen LogP contribution in [0, 0.1) is 29.1 Å². The minimum Gasteiger partial charge on any atom is -0.483 e. The standard InChI is InChI=1S/C21H15F5O2/c1-11(27)13-2-4-14(5-3-13)15-8-18(24)21(19(25)9-15)28-10-12-6-16(22)20(26)17(23)7-12/h2-9,11,27H,10H2,1H3. The van der Waals surface area contributed by atoms with Crippen molar-refractivity contribution in [2.24, 2.45) is 0 Å². The lowest BCUT2D eigenvalue weighted by Gasteiger charge is -2.12. The van der Waals surface area contributed by atoms with Gasteiger partial charge in [-0.25, -0.2) is 22.0 Å². The molecule has 0 saturated heterocycles. The van der Waals surface area contributed by atoms with E-state index in [1.54, 1.807) is 31.2 Å². The molecule has 0 aliphatic rings. The first kappa shape index (κ1) is 19.8. The van der Waals surface area contributed by atoms with Gasteiger partial charge in [0.05, 0.1) is 6.10 Å². The van der Waals surface area contributed by atoms with E-state index in [2.05, 4.69) is 0 Å². The molecule has 0 aliphatic heterocycles. The second-order valence-electron chi connectivity index (χ2n) is 6.23. The normalized spacial score (nSPS) is 12.1. The molecular formula is C21H15F5O2. The van der Waals surface area contributed by atoms with Crippen molar-refractivity contribution in [3.05, 3.63) is 88.7 Å². The van der Waals surface area contributed by atoms with Crippen LogP contribution in [-0.2, 0) is 6.61 Å². The minimum absolute atomic E-state index is 0.118. The Kier molecular flexibility index (Phi) is 5.65. The van der Waals surface area contributed by atoms with Crippen LogP contribution in [0.4, 0.5) is 22.0 Å². The summed E-state index contributed by atoms with van der Waals surface area (Å²) in [5, 5.41) is 9.51. The Hall–Kier alpha value is -2.93. The van der Waals surface area contributed by atoms with E-state index in [0.717, 1.165) is 12.1 Å². The van der Waals surface area contributed by atoms with E-state index in [1.807, 2.05) is 0 Å². The van der Waals surface area contributed by atoms with Crippen LogP contribution in [0.1, 0.15) is 24.2 Å². The number of benzene rings is 3. The van der Waals surface area contributed by atoms with Gasteiger partial charge in [-0.2, -0.15) is 0 Å². The van der Waals surface area contributed by atoms with Crippen molar-refractivity contribution in [2.75, 3.05) is 0 Å². The number of aliphatic hydroxyl groups excluding tert-OH is 1. The number of hydrogen-bond acceptors (Lipinski definition) is 2. The third kappa shape index (κ3) is 4.14. The largest absolute Gasteiger partial charge is 0.483 e. The maximum Gasteiger partial charge on any atom is 0.194 e. The molecule has 0 spiro atoms. The van der Waals surface area contributed by atoms with Gasteiger partial charge in [-0.1, -0.05) is 24.3 Å². The molecule has 7 heteroatoms. The Balaban J connectivity index is 1.82. The fourth-order valence-electron chi connectivity index (χ4n) is 2.67. The van der Waals surface area contributed by atoms with E-state index in [9.17, 15) is 27.1 Å². The third-order valence-corrected chi connectivity index (χ3v) is 4.15. The molecule has 0 heterocycles. The highest BCUT2D eigenvalue weighted by atomic mass is 19.2. The van der Waals surface area contributed by atoms with E-state index >= 15 is 0 Å². The first-order valence-corrected chi connectivity index (χ1v) is 8.30. The van der Waals surface area contributed by atoms with Gasteiger partial charge >= 0.3 is 0 Å². The van der Waals surface area contributed by atoms with Crippen LogP contribution in [0.2, 0.25) is 0 Å². The predicted molar refractivity (Wildman–Crippen MR) is 93.1 cm³/mol. The average molecular weight is 394 g/mol. The molecule has 1 N–H and O–H groups in total. The fourth-order valence-corrected chi connectivity index (χ4v) is 2.67. The van der Waals surface area contributed by atoms with Crippen molar-refractivity contribution in [1.82, 2.24) is 0 Å². The van der Waals surface area contributed by atoms with Crippen LogP contribution < -0.4 is 4.74 Å². The smallest absolute Gasteiger partial charge is 0.194 e. The van der Waals surface area contributed by atoms with Crippen molar-refractivity contribution in [3.63, 3.8) is 0 Å². The van der Waals surface area contributed by atoms with E-state index in [4.69, 9.17) is 4.74 Å². The van der Waals surface area contributed by atoms with E-state index < -0.39 is 47.5 Å². The molecule has 1 atom stereocenters. The van der Waals surface area contributed by atoms with Crippen LogP contribution in [0.5, 0.6) is 5.75 Å². The SMILES string of the molecule is CC(O)c1ccc(-c2cc(F)c(OCc3cc(F)c(F)c(F)c3)c(F)c2)cc1. The Bertz CT molecular complexity index is 954. The lowest BCUT2D eigenvalue weighted by Crippen LogP contribution is -2.03. The lowest BCUT2D eigenvalue weighted by atomic mass is 10.0. The Morgan fingerprint density at radius 1 is 0.786 bits per heavy atom. The van der Waals surface area contributed by atoms with Crippen molar-refractivity contribution in [1.29, 1.82) is 0 Å². The van der Waals surface area contributed by atoms with Gasteiger partial charge in [0.2, 0.25) is 0 Å². The van der Waals surface area contributed by atoms with Gasteiger partial charge in [-0.05, 0) is 53.4 Å². The van der Waals surface area contributed by atoms with Crippen molar-refractivity contribution < 1.29 is 31.8 Å². The van der Waals surface area contributed by atoms with Gasteiger partial charge in [-0.3, -0.25) is 0 Å². The van der Waals surface area contributed by atoms with Crippen LogP contribution in [0.15, 0.2) is 48.5 Å². The molecule has 0 aromatic heterocycles. The molecular weight excluding hydrogens is 379 g/mol. The van der Waals surface area contributed by atoms with Crippen molar-refractivity contribution in [3.8, 4) is 16.9 Å². The quantitative estimate of drug-likeness (QED) is 0.446. The van der Waals surface area contributed by atoms with Crippen molar-refractivity contribution in [2.45, 2.75) is 19.6 Å². The Labute approximate surface area is 157 Å². The topological polar surface area (TPSA) is 29.5 Å². The minimum atomic E-state index is -1.63. The first-order valence-electron chi connectivity index (χ1n) is 8.30. The molecule has 0 aliphatic carbocycles. The second kappa shape index (κ2) is 7.98. The van der Waals surface area contributed by atoms with Crippen LogP contribution >= 0.6 is 0 Å². The summed E-state index contributed by atoms with van der Waals surface area (Å²) in [7, 11) is 0. The van der Waals surface area contributed by atoms with Crippen LogP contribution in [0.3, 0.4) is 0 Å². The number of halogens is 5. The third-order valence-electron chi connectivity index (χ3n) is 4.15. The summed E-state index contributed by atoms with van der Waals surface area (Å²) in [5.41, 5.74) is 1.31. The highest BCUT2D eigenvalue weighted by Gasteiger charge is 2.16. The summed E-state index contributed by atoms with van der Waals surface area (Å²) in [4.78, 5) is 0. The van der Waals surface area contributed by atoms with E-state index in [-0.39, 0.29) is 11.1 Å². The van der Waals surface area contributed by atoms with Gasteiger partial charge in [0.25, 0.3) is 0 Å². The maximum atomic E-state index is 14.3. The highest BCUT2D eigenvalue weighted by molar-refractivity contribution is 5.65. The zero-order valence-corrected chi connectivity index (χ0v) is 14.6. The number of aliphatic hydroxyl groups is 1. The molecule has 2 nitrogen and oxygen atoms in total. The zero-order chi connectivity index (χ0) is 20.4.